The zero-order chi connectivity index (χ0) is 27.5. The number of ketones is 2. The van der Waals surface area contributed by atoms with Gasteiger partial charge in [-0.3, -0.25) is 14.4 Å². The number of thiocarbonyl (C=S) groups is 1. The number of nitrogens with one attached hydrogen (secondary N) is 1. The third-order valence-corrected chi connectivity index (χ3v) is 9.12. The quantitative estimate of drug-likeness (QED) is 0.191. The minimum absolute atomic E-state index is 0.0227. The predicted molar refractivity (Wildman–Crippen MR) is 148 cm³/mol. The maximum absolute atomic E-state index is 13.7. The van der Waals surface area contributed by atoms with Crippen molar-refractivity contribution in [2.24, 2.45) is 17.6 Å². The number of allylic oxidation sites excluding steroid dienone is 1. The molecule has 11 heteroatoms. The molecular formula is C27H26N3O6S2. The second-order valence-electron chi connectivity index (χ2n) is 9.68. The molecule has 4 atom stereocenters. The van der Waals surface area contributed by atoms with Crippen molar-refractivity contribution in [2.45, 2.75) is 22.6 Å². The summed E-state index contributed by atoms with van der Waals surface area (Å²) in [5, 5.41) is 35.6. The van der Waals surface area contributed by atoms with Crippen LogP contribution in [0.3, 0.4) is 0 Å². The first-order valence-corrected chi connectivity index (χ1v) is 13.2. The summed E-state index contributed by atoms with van der Waals surface area (Å²) in [7, 11) is 3.65. The lowest BCUT2D eigenvalue weighted by molar-refractivity contribution is -0.126. The maximum atomic E-state index is 13.7. The summed E-state index contributed by atoms with van der Waals surface area (Å²) in [5.41, 5.74) is 6.33. The Morgan fingerprint density at radius 3 is 2.39 bits per heavy atom. The summed E-state index contributed by atoms with van der Waals surface area (Å²) >= 11 is 6.20. The zero-order valence-corrected chi connectivity index (χ0v) is 22.2. The molecule has 9 nitrogen and oxygen atoms in total. The SMILES string of the molecule is CN(C)c1ccc(O)c2c1[SH]C1CC3C(NC(=S)c4ccccc4)C(O)=C(C(N)=O)C(=O)C3C(O)=C1C2=O. The summed E-state index contributed by atoms with van der Waals surface area (Å²) in [6.45, 7) is 0. The number of hydrogen-bond donors (Lipinski definition) is 6. The Labute approximate surface area is 228 Å². The van der Waals surface area contributed by atoms with Crippen molar-refractivity contribution in [3.8, 4) is 5.75 Å². The van der Waals surface area contributed by atoms with E-state index in [1.165, 1.54) is 6.07 Å². The number of aliphatic hydroxyl groups is 2. The van der Waals surface area contributed by atoms with Crippen LogP contribution in [-0.4, -0.2) is 63.2 Å². The molecule has 38 heavy (non-hydrogen) atoms. The number of phenols is 1. The molecule has 1 radical (unpaired) electrons. The van der Waals surface area contributed by atoms with Gasteiger partial charge in [0.25, 0.3) is 5.91 Å². The van der Waals surface area contributed by atoms with Gasteiger partial charge in [-0.05, 0) is 18.6 Å². The molecule has 0 bridgehead atoms. The van der Waals surface area contributed by atoms with Gasteiger partial charge in [-0.2, -0.15) is 11.8 Å². The average Bonchev–Trinajstić information content (AvgIpc) is 2.86. The first-order chi connectivity index (χ1) is 18.0. The first-order valence-electron chi connectivity index (χ1n) is 11.9. The molecule has 4 unspecified atom stereocenters. The number of benzene rings is 2. The average molecular weight is 553 g/mol. The van der Waals surface area contributed by atoms with Crippen LogP contribution in [0.5, 0.6) is 5.75 Å². The molecule has 5 rings (SSSR count). The number of anilines is 1. The minimum atomic E-state index is -1.30. The highest BCUT2D eigenvalue weighted by atomic mass is 32.2. The third kappa shape index (κ3) is 3.93. The second kappa shape index (κ2) is 9.48. The van der Waals surface area contributed by atoms with Gasteiger partial charge < -0.3 is 31.3 Å². The van der Waals surface area contributed by atoms with E-state index < -0.39 is 57.7 Å². The number of Topliss-reactive ketones (excluding diaryl/α,β-unsaturated/α-hetero) is 2. The van der Waals surface area contributed by atoms with Crippen LogP contribution in [0.15, 0.2) is 70.0 Å². The summed E-state index contributed by atoms with van der Waals surface area (Å²) in [6.07, 6.45) is 0.218. The van der Waals surface area contributed by atoms with Crippen LogP contribution in [0.2, 0.25) is 0 Å². The predicted octanol–water partition coefficient (Wildman–Crippen LogP) is 2.51. The third-order valence-electron chi connectivity index (χ3n) is 7.28. The van der Waals surface area contributed by atoms with Gasteiger partial charge in [0.2, 0.25) is 0 Å². The smallest absolute Gasteiger partial charge is 0.255 e. The number of carbonyl (C=O) groups excluding carboxylic acids is 3. The van der Waals surface area contributed by atoms with Crippen LogP contribution in [0.4, 0.5) is 5.69 Å². The summed E-state index contributed by atoms with van der Waals surface area (Å²) in [5.74, 6) is -5.83. The standard InChI is InChI=1S/C27H26N3O6S2/c1-30(2)13-8-9-14(31)17-23(34)18-15(38-25(13)17)10-12-16(21(18)32)22(33)19(26(28)36)24(35)20(12)29-27(37)11-6-4-3-5-7-11/h3-9,12,15-16,20,31-32,35,38H,10H2,1-2H3,(H2,28,36)(H,29,37). The van der Waals surface area contributed by atoms with Crippen LogP contribution in [0, 0.1) is 11.8 Å². The van der Waals surface area contributed by atoms with E-state index in [1.807, 2.05) is 25.1 Å². The molecule has 197 valence electrons. The normalized spacial score (nSPS) is 24.4. The highest BCUT2D eigenvalue weighted by Gasteiger charge is 2.54. The van der Waals surface area contributed by atoms with Crippen LogP contribution >= 0.6 is 24.0 Å². The van der Waals surface area contributed by atoms with E-state index in [0.29, 0.717) is 22.2 Å². The van der Waals surface area contributed by atoms with E-state index in [9.17, 15) is 29.7 Å². The lowest BCUT2D eigenvalue weighted by atomic mass is 9.66. The number of aliphatic hydroxyl groups excluding tert-OH is 2. The highest BCUT2D eigenvalue weighted by Crippen LogP contribution is 2.54. The fraction of sp³-hybridized carbons (Fsp3) is 0.259. The van der Waals surface area contributed by atoms with Crippen LogP contribution < -0.4 is 16.0 Å². The monoisotopic (exact) mass is 552 g/mol. The molecule has 2 aliphatic carbocycles. The maximum Gasteiger partial charge on any atom is 0.255 e. The number of carbonyl (C=O) groups is 3. The second-order valence-corrected chi connectivity index (χ2v) is 11.4. The van der Waals surface area contributed by atoms with Gasteiger partial charge in [0, 0.05) is 41.4 Å². The van der Waals surface area contributed by atoms with E-state index in [2.05, 4.69) is 5.32 Å². The summed E-state index contributed by atoms with van der Waals surface area (Å²) in [6, 6.07) is 11.1. The Bertz CT molecular complexity index is 1470. The van der Waals surface area contributed by atoms with Crippen molar-refractivity contribution in [2.75, 3.05) is 19.0 Å². The molecule has 2 aromatic carbocycles. The number of thiol groups is 1. The fourth-order valence-corrected chi connectivity index (χ4v) is 7.59. The van der Waals surface area contributed by atoms with Crippen molar-refractivity contribution < 1.29 is 29.7 Å². The van der Waals surface area contributed by atoms with Crippen molar-refractivity contribution in [1.82, 2.24) is 5.32 Å². The molecule has 0 aromatic heterocycles. The van der Waals surface area contributed by atoms with Gasteiger partial charge in [0.1, 0.15) is 27.8 Å². The van der Waals surface area contributed by atoms with Crippen LogP contribution in [0.25, 0.3) is 0 Å². The van der Waals surface area contributed by atoms with Gasteiger partial charge in [-0.15, -0.1) is 0 Å². The van der Waals surface area contributed by atoms with Crippen LogP contribution in [-0.2, 0) is 9.59 Å². The van der Waals surface area contributed by atoms with Crippen molar-refractivity contribution in [3.05, 3.63) is 76.3 Å². The Morgan fingerprint density at radius 1 is 1.08 bits per heavy atom. The first kappa shape index (κ1) is 25.8. The molecule has 1 amide bonds. The van der Waals surface area contributed by atoms with Gasteiger partial charge in [-0.25, -0.2) is 0 Å². The number of amides is 1. The molecular weight excluding hydrogens is 526 g/mol. The lowest BCUT2D eigenvalue weighted by Crippen LogP contribution is -2.54. The van der Waals surface area contributed by atoms with E-state index >= 15 is 0 Å². The molecule has 1 aliphatic heterocycles. The van der Waals surface area contributed by atoms with Gasteiger partial charge in [-0.1, -0.05) is 42.5 Å². The number of phenolic OH excluding ortho intramolecular Hbond substituents is 1. The Kier molecular flexibility index (Phi) is 6.44. The Morgan fingerprint density at radius 2 is 1.76 bits per heavy atom. The van der Waals surface area contributed by atoms with E-state index in [1.54, 1.807) is 30.3 Å². The van der Waals surface area contributed by atoms with E-state index in [-0.39, 0.29) is 28.3 Å². The van der Waals surface area contributed by atoms with Crippen molar-refractivity contribution in [3.63, 3.8) is 0 Å². The molecule has 6 N–H and O–H groups in total. The molecule has 0 saturated carbocycles. The number of aromatic hydroxyl groups is 1. The minimum Gasteiger partial charge on any atom is -0.511 e. The summed E-state index contributed by atoms with van der Waals surface area (Å²) < 4.78 is 0. The molecule has 3 aliphatic rings. The Balaban J connectivity index is 1.63. The number of primary amides is 1. The number of nitrogens with zero attached hydrogens (tertiary/aromatic N) is 1. The fourth-order valence-electron chi connectivity index (χ4n) is 5.54. The molecule has 0 fully saturated rings. The highest BCUT2D eigenvalue weighted by molar-refractivity contribution is 8.00. The van der Waals surface area contributed by atoms with Gasteiger partial charge in [0.15, 0.2) is 11.6 Å². The Hall–Kier alpha value is -3.83. The number of rotatable bonds is 4. The zero-order valence-electron chi connectivity index (χ0n) is 20.5. The molecule has 2 aromatic rings. The lowest BCUT2D eigenvalue weighted by Gasteiger charge is -2.45. The number of nitrogens with two attached hydrogens (primary N) is 1. The van der Waals surface area contributed by atoms with Gasteiger partial charge >= 0.3 is 0 Å². The molecule has 0 spiro atoms. The molecule has 1 heterocycles. The summed E-state index contributed by atoms with van der Waals surface area (Å²) in [4.78, 5) is 42.0. The van der Waals surface area contributed by atoms with Crippen molar-refractivity contribution in [1.29, 1.82) is 0 Å². The largest absolute Gasteiger partial charge is 0.511 e. The number of fused-ring (bicyclic) bond motifs is 3. The van der Waals surface area contributed by atoms with E-state index in [0.717, 1.165) is 5.69 Å². The topological polar surface area (TPSA) is 153 Å². The van der Waals surface area contributed by atoms with Crippen molar-refractivity contribution >= 4 is 52.1 Å². The molecule has 0 saturated heterocycles. The number of hydrogen-bond acceptors (Lipinski definition) is 8. The van der Waals surface area contributed by atoms with Gasteiger partial charge in [0.05, 0.1) is 23.1 Å². The van der Waals surface area contributed by atoms with E-state index in [4.69, 9.17) is 18.0 Å². The van der Waals surface area contributed by atoms with Crippen LogP contribution in [0.1, 0.15) is 22.3 Å².